The number of fused-ring (bicyclic) bond motifs is 2. The summed E-state index contributed by atoms with van der Waals surface area (Å²) in [5.41, 5.74) is 4.40. The Bertz CT molecular complexity index is 1420. The summed E-state index contributed by atoms with van der Waals surface area (Å²) in [6, 6.07) is 4.38. The molecule has 1 N–H and O–H groups in total. The molecule has 0 unspecified atom stereocenters. The van der Waals surface area contributed by atoms with E-state index in [0.29, 0.717) is 23.0 Å². The fraction of sp³-hybridized carbons (Fsp3) is 0.536. The first kappa shape index (κ1) is 23.9. The number of anilines is 3. The zero-order valence-corrected chi connectivity index (χ0v) is 21.7. The van der Waals surface area contributed by atoms with Crippen molar-refractivity contribution in [2.24, 2.45) is 0 Å². The molecule has 0 atom stereocenters. The third-order valence-corrected chi connectivity index (χ3v) is 8.48. The maximum Gasteiger partial charge on any atom is 0.270 e. The van der Waals surface area contributed by atoms with Gasteiger partial charge in [0.05, 0.1) is 11.9 Å². The fourth-order valence-electron chi connectivity index (χ4n) is 6.44. The number of rotatable bonds is 5. The molecule has 4 heterocycles. The molecule has 0 aromatic carbocycles. The second-order valence-electron chi connectivity index (χ2n) is 10.9. The average molecular weight is 499 g/mol. The Balaban J connectivity index is 1.32. The molecule has 9 heteroatoms. The number of nitriles is 1. The van der Waals surface area contributed by atoms with Crippen LogP contribution in [0, 0.1) is 11.3 Å². The number of nitrogens with zero attached hydrogens (tertiary/aromatic N) is 7. The quantitative estimate of drug-likeness (QED) is 0.564. The van der Waals surface area contributed by atoms with Gasteiger partial charge in [0.25, 0.3) is 5.56 Å². The summed E-state index contributed by atoms with van der Waals surface area (Å²) in [5.74, 6) is 1.24. The van der Waals surface area contributed by atoms with Crippen LogP contribution in [-0.4, -0.2) is 57.6 Å². The lowest BCUT2D eigenvalue weighted by atomic mass is 10.0. The molecule has 0 bridgehead atoms. The molecule has 37 heavy (non-hydrogen) atoms. The molecule has 0 amide bonds. The van der Waals surface area contributed by atoms with Crippen LogP contribution in [0.5, 0.6) is 0 Å². The second-order valence-corrected chi connectivity index (χ2v) is 10.9. The molecular formula is C28H34N8O. The normalized spacial score (nSPS) is 18.5. The van der Waals surface area contributed by atoms with E-state index in [1.807, 2.05) is 6.20 Å². The predicted molar refractivity (Wildman–Crippen MR) is 144 cm³/mol. The number of hydrogen-bond donors (Lipinski definition) is 1. The molecule has 1 aliphatic heterocycles. The maximum atomic E-state index is 13.1. The van der Waals surface area contributed by atoms with E-state index < -0.39 is 0 Å². The third kappa shape index (κ3) is 4.33. The van der Waals surface area contributed by atoms with E-state index >= 15 is 0 Å². The summed E-state index contributed by atoms with van der Waals surface area (Å²) in [6.07, 6.45) is 13.3. The summed E-state index contributed by atoms with van der Waals surface area (Å²) < 4.78 is 1.73. The highest BCUT2D eigenvalue weighted by Gasteiger charge is 2.27. The van der Waals surface area contributed by atoms with Gasteiger partial charge in [-0.25, -0.2) is 9.97 Å². The second kappa shape index (κ2) is 9.75. The number of piperidine rings is 1. The zero-order valence-electron chi connectivity index (χ0n) is 21.7. The summed E-state index contributed by atoms with van der Waals surface area (Å²) in [7, 11) is 4.34. The first-order valence-corrected chi connectivity index (χ1v) is 13.5. The topological polar surface area (TPSA) is 103 Å². The molecule has 6 rings (SSSR count). The molecule has 192 valence electrons. The summed E-state index contributed by atoms with van der Waals surface area (Å²) in [5, 5.41) is 13.6. The smallest absolute Gasteiger partial charge is 0.270 e. The fourth-order valence-corrected chi connectivity index (χ4v) is 6.44. The first-order valence-electron chi connectivity index (χ1n) is 13.5. The number of aromatic nitrogens is 4. The van der Waals surface area contributed by atoms with E-state index in [9.17, 15) is 10.1 Å². The van der Waals surface area contributed by atoms with Crippen LogP contribution in [0.2, 0.25) is 0 Å². The van der Waals surface area contributed by atoms with Crippen molar-refractivity contribution in [3.05, 3.63) is 45.5 Å². The van der Waals surface area contributed by atoms with E-state index in [2.05, 4.69) is 40.3 Å². The predicted octanol–water partition coefficient (Wildman–Crippen LogP) is 3.94. The zero-order chi connectivity index (χ0) is 25.5. The Labute approximate surface area is 217 Å². The minimum absolute atomic E-state index is 0.0735. The summed E-state index contributed by atoms with van der Waals surface area (Å²) >= 11 is 0. The van der Waals surface area contributed by atoms with Crippen molar-refractivity contribution in [3.63, 3.8) is 0 Å². The number of hydrogen-bond acceptors (Lipinski definition) is 8. The van der Waals surface area contributed by atoms with Crippen LogP contribution < -0.4 is 15.8 Å². The molecule has 0 radical (unpaired) electrons. The Kier molecular flexibility index (Phi) is 6.29. The van der Waals surface area contributed by atoms with Gasteiger partial charge in [-0.05, 0) is 70.7 Å². The minimum Gasteiger partial charge on any atom is -0.370 e. The molecule has 9 nitrogen and oxygen atoms in total. The molecule has 0 spiro atoms. The minimum atomic E-state index is -0.257. The Morgan fingerprint density at radius 2 is 1.78 bits per heavy atom. The summed E-state index contributed by atoms with van der Waals surface area (Å²) in [6.45, 7) is 2.11. The van der Waals surface area contributed by atoms with Crippen LogP contribution in [-0.2, 0) is 12.8 Å². The molecule has 2 fully saturated rings. The van der Waals surface area contributed by atoms with E-state index in [1.54, 1.807) is 16.8 Å². The van der Waals surface area contributed by atoms with E-state index in [1.165, 1.54) is 29.7 Å². The number of nitrogens with one attached hydrogen (secondary N) is 1. The first-order chi connectivity index (χ1) is 18.0. The Morgan fingerprint density at radius 1 is 1.03 bits per heavy atom. The van der Waals surface area contributed by atoms with Gasteiger partial charge in [0, 0.05) is 42.3 Å². The Morgan fingerprint density at radius 3 is 2.51 bits per heavy atom. The SMILES string of the molecule is CN(C)C1CCN(c2cnc(Nc3ncc4cc(C#N)c(=O)n(C5CCCC5)c4n3)c3c2CCC3)CC1. The van der Waals surface area contributed by atoms with Crippen molar-refractivity contribution >= 4 is 28.5 Å². The van der Waals surface area contributed by atoms with Crippen LogP contribution in [0.3, 0.4) is 0 Å². The van der Waals surface area contributed by atoms with Gasteiger partial charge in [-0.3, -0.25) is 9.36 Å². The van der Waals surface area contributed by atoms with Crippen molar-refractivity contribution < 1.29 is 0 Å². The average Bonchev–Trinajstić information content (AvgIpc) is 3.62. The van der Waals surface area contributed by atoms with Crippen molar-refractivity contribution in [2.45, 2.75) is 69.9 Å². The van der Waals surface area contributed by atoms with Crippen LogP contribution in [0.1, 0.15) is 67.7 Å². The van der Waals surface area contributed by atoms with E-state index in [-0.39, 0.29) is 17.2 Å². The molecule has 3 aliphatic rings. The lowest BCUT2D eigenvalue weighted by Gasteiger charge is -2.37. The van der Waals surface area contributed by atoms with Gasteiger partial charge < -0.3 is 15.1 Å². The summed E-state index contributed by atoms with van der Waals surface area (Å²) in [4.78, 5) is 32.1. The van der Waals surface area contributed by atoms with Crippen molar-refractivity contribution in [3.8, 4) is 6.07 Å². The van der Waals surface area contributed by atoms with Crippen LogP contribution in [0.4, 0.5) is 17.5 Å². The lowest BCUT2D eigenvalue weighted by Crippen LogP contribution is -2.42. The van der Waals surface area contributed by atoms with Crippen molar-refractivity contribution in [2.75, 3.05) is 37.4 Å². The maximum absolute atomic E-state index is 13.1. The monoisotopic (exact) mass is 498 g/mol. The third-order valence-electron chi connectivity index (χ3n) is 8.48. The highest BCUT2D eigenvalue weighted by molar-refractivity contribution is 5.78. The largest absolute Gasteiger partial charge is 0.370 e. The lowest BCUT2D eigenvalue weighted by molar-refractivity contribution is 0.249. The standard InChI is InChI=1S/C28H34N8O/c1-34(2)20-10-12-35(13-11-20)24-17-30-25(23-9-5-8-22(23)24)32-28-31-16-19-14-18(15-29)27(37)36(26(19)33-28)21-6-3-4-7-21/h14,16-17,20-21H,3-13H2,1-2H3,(H,30,31,32,33). The van der Waals surface area contributed by atoms with Crippen LogP contribution in [0.15, 0.2) is 23.3 Å². The molecule has 1 saturated heterocycles. The van der Waals surface area contributed by atoms with Crippen LogP contribution >= 0.6 is 0 Å². The molecule has 3 aromatic heterocycles. The van der Waals surface area contributed by atoms with Gasteiger partial charge in [-0.1, -0.05) is 12.8 Å². The van der Waals surface area contributed by atoms with Gasteiger partial charge in [0.15, 0.2) is 0 Å². The molecular weight excluding hydrogens is 464 g/mol. The van der Waals surface area contributed by atoms with Gasteiger partial charge in [-0.2, -0.15) is 10.2 Å². The highest BCUT2D eigenvalue weighted by atomic mass is 16.1. The molecule has 1 saturated carbocycles. The van der Waals surface area contributed by atoms with E-state index in [4.69, 9.17) is 9.97 Å². The highest BCUT2D eigenvalue weighted by Crippen LogP contribution is 2.37. The van der Waals surface area contributed by atoms with Gasteiger partial charge in [-0.15, -0.1) is 0 Å². The van der Waals surface area contributed by atoms with Crippen molar-refractivity contribution in [1.29, 1.82) is 5.26 Å². The van der Waals surface area contributed by atoms with Gasteiger partial charge in [0.1, 0.15) is 23.1 Å². The Hall–Kier alpha value is -3.51. The van der Waals surface area contributed by atoms with Gasteiger partial charge >= 0.3 is 0 Å². The van der Waals surface area contributed by atoms with E-state index in [0.717, 1.165) is 63.9 Å². The molecule has 3 aromatic rings. The van der Waals surface area contributed by atoms with Gasteiger partial charge in [0.2, 0.25) is 5.95 Å². The number of pyridine rings is 2. The molecule has 2 aliphatic carbocycles. The van der Waals surface area contributed by atoms with Crippen molar-refractivity contribution in [1.82, 2.24) is 24.4 Å². The van der Waals surface area contributed by atoms with Crippen LogP contribution in [0.25, 0.3) is 11.0 Å².